The van der Waals surface area contributed by atoms with Crippen LogP contribution in [0.2, 0.25) is 10.0 Å². The van der Waals surface area contributed by atoms with Gasteiger partial charge < -0.3 is 34.1 Å². The third kappa shape index (κ3) is 7.92. The van der Waals surface area contributed by atoms with Crippen LogP contribution in [0.1, 0.15) is 32.3 Å². The standard InChI is InChI=1S/C30H42Cl2N6O4/c1-20(15-25(39-4)21(2)37-9-7-22(8-10-37)38-13-11-36(3)12-14-38)35-30-33-17-23(18-34-30)42-19-24-28(31)26(40-5)16-27(41-6)29(24)32/h15-18,22H,7-14,19H2,1-6H3,(H,33,34,35)/b20-15+,25-21-. The van der Waals surface area contributed by atoms with Gasteiger partial charge in [-0.25, -0.2) is 9.97 Å². The van der Waals surface area contributed by atoms with Gasteiger partial charge in [-0.05, 0) is 33.7 Å². The number of piperidine rings is 1. The molecule has 2 fully saturated rings. The maximum Gasteiger partial charge on any atom is 0.227 e. The van der Waals surface area contributed by atoms with Crippen molar-refractivity contribution in [3.63, 3.8) is 0 Å². The van der Waals surface area contributed by atoms with Crippen molar-refractivity contribution in [2.45, 2.75) is 39.3 Å². The molecule has 0 saturated carbocycles. The number of rotatable bonds is 11. The number of nitrogens with zero attached hydrogens (tertiary/aromatic N) is 5. The van der Waals surface area contributed by atoms with E-state index in [1.165, 1.54) is 40.2 Å². The van der Waals surface area contributed by atoms with E-state index in [2.05, 4.69) is 44.0 Å². The number of allylic oxidation sites excluding steroid dienone is 3. The quantitative estimate of drug-likeness (QED) is 0.264. The summed E-state index contributed by atoms with van der Waals surface area (Å²) in [5.41, 5.74) is 2.54. The second-order valence-electron chi connectivity index (χ2n) is 10.6. The number of piperazine rings is 1. The maximum atomic E-state index is 6.45. The number of hydrogen-bond acceptors (Lipinski definition) is 10. The highest BCUT2D eigenvalue weighted by atomic mass is 35.5. The van der Waals surface area contributed by atoms with Crippen LogP contribution in [0.5, 0.6) is 17.2 Å². The van der Waals surface area contributed by atoms with Gasteiger partial charge in [0.1, 0.15) is 23.9 Å². The summed E-state index contributed by atoms with van der Waals surface area (Å²) in [4.78, 5) is 16.3. The molecule has 0 spiro atoms. The molecule has 42 heavy (non-hydrogen) atoms. The third-order valence-corrected chi connectivity index (χ3v) is 8.73. The molecule has 0 bridgehead atoms. The highest BCUT2D eigenvalue weighted by Gasteiger charge is 2.27. The fraction of sp³-hybridized carbons (Fsp3) is 0.533. The number of hydrogen-bond donors (Lipinski definition) is 1. The Morgan fingerprint density at radius 3 is 2.10 bits per heavy atom. The Labute approximate surface area is 259 Å². The van der Waals surface area contributed by atoms with E-state index >= 15 is 0 Å². The minimum atomic E-state index is 0.0915. The topological polar surface area (TPSA) is 84.4 Å². The van der Waals surface area contributed by atoms with Gasteiger partial charge in [-0.15, -0.1) is 0 Å². The van der Waals surface area contributed by atoms with Crippen LogP contribution >= 0.6 is 23.2 Å². The molecule has 0 amide bonds. The fourth-order valence-corrected chi connectivity index (χ4v) is 5.91. The summed E-state index contributed by atoms with van der Waals surface area (Å²) in [6.45, 7) is 10.9. The number of likely N-dealkylation sites (tertiary alicyclic amines) is 1. The SMILES string of the molecule is COC(/C=C(\C)Nc1ncc(OCc2c(Cl)c(OC)cc(OC)c2Cl)cn1)=C(/C)N1CCC(N2CCN(C)CC2)CC1. The van der Waals surface area contributed by atoms with Crippen LogP contribution in [0, 0.1) is 0 Å². The van der Waals surface area contributed by atoms with Crippen molar-refractivity contribution in [1.29, 1.82) is 0 Å². The van der Waals surface area contributed by atoms with Gasteiger partial charge in [-0.3, -0.25) is 4.90 Å². The van der Waals surface area contributed by atoms with Crippen LogP contribution < -0.4 is 19.5 Å². The lowest BCUT2D eigenvalue weighted by molar-refractivity contribution is 0.0745. The predicted molar refractivity (Wildman–Crippen MR) is 167 cm³/mol. The minimum Gasteiger partial charge on any atom is -0.495 e. The third-order valence-electron chi connectivity index (χ3n) is 7.90. The summed E-state index contributed by atoms with van der Waals surface area (Å²) in [7, 11) is 6.97. The normalized spacial score (nSPS) is 18.0. The Kier molecular flexibility index (Phi) is 11.4. The first-order valence-corrected chi connectivity index (χ1v) is 14.9. The Morgan fingerprint density at radius 1 is 0.952 bits per heavy atom. The molecule has 1 N–H and O–H groups in total. The molecule has 0 atom stereocenters. The van der Waals surface area contributed by atoms with Gasteiger partial charge in [0, 0.05) is 68.7 Å². The van der Waals surface area contributed by atoms with Crippen LogP contribution in [0.4, 0.5) is 5.95 Å². The van der Waals surface area contributed by atoms with Gasteiger partial charge in [0.2, 0.25) is 5.95 Å². The monoisotopic (exact) mass is 620 g/mol. The fourth-order valence-electron chi connectivity index (χ4n) is 5.30. The molecule has 3 heterocycles. The number of nitrogens with one attached hydrogen (secondary N) is 1. The van der Waals surface area contributed by atoms with Crippen LogP contribution in [0.3, 0.4) is 0 Å². The molecule has 1 aromatic carbocycles. The Morgan fingerprint density at radius 2 is 1.55 bits per heavy atom. The predicted octanol–water partition coefficient (Wildman–Crippen LogP) is 5.29. The Balaban J connectivity index is 1.34. The summed E-state index contributed by atoms with van der Waals surface area (Å²) in [5.74, 6) is 2.62. The molecule has 10 nitrogen and oxygen atoms in total. The Bertz CT molecular complexity index is 1230. The zero-order chi connectivity index (χ0) is 30.2. The van der Waals surface area contributed by atoms with E-state index in [9.17, 15) is 0 Å². The van der Waals surface area contributed by atoms with E-state index in [1.54, 1.807) is 25.6 Å². The van der Waals surface area contributed by atoms with Crippen molar-refractivity contribution in [3.8, 4) is 17.2 Å². The molecule has 4 rings (SSSR count). The zero-order valence-corrected chi connectivity index (χ0v) is 26.9. The van der Waals surface area contributed by atoms with E-state index in [0.717, 1.165) is 43.3 Å². The van der Waals surface area contributed by atoms with Crippen LogP contribution in [-0.4, -0.2) is 98.4 Å². The van der Waals surface area contributed by atoms with E-state index in [4.69, 9.17) is 42.1 Å². The molecule has 1 aromatic heterocycles. The smallest absolute Gasteiger partial charge is 0.227 e. The zero-order valence-electron chi connectivity index (χ0n) is 25.4. The highest BCUT2D eigenvalue weighted by Crippen LogP contribution is 2.40. The van der Waals surface area contributed by atoms with Crippen molar-refractivity contribution in [3.05, 3.63) is 57.3 Å². The van der Waals surface area contributed by atoms with Crippen LogP contribution in [-0.2, 0) is 11.3 Å². The number of halogens is 2. The van der Waals surface area contributed by atoms with Gasteiger partial charge in [0.25, 0.3) is 0 Å². The number of likely N-dealkylation sites (N-methyl/N-ethyl adjacent to an activating group) is 1. The van der Waals surface area contributed by atoms with Crippen molar-refractivity contribution in [2.24, 2.45) is 0 Å². The number of ether oxygens (including phenoxy) is 4. The van der Waals surface area contributed by atoms with Crippen molar-refractivity contribution < 1.29 is 18.9 Å². The van der Waals surface area contributed by atoms with Gasteiger partial charge in [0.15, 0.2) is 5.75 Å². The summed E-state index contributed by atoms with van der Waals surface area (Å²) in [5, 5.41) is 3.95. The molecular formula is C30H42Cl2N6O4. The van der Waals surface area contributed by atoms with Crippen LogP contribution in [0.15, 0.2) is 41.7 Å². The summed E-state index contributed by atoms with van der Waals surface area (Å²) in [6, 6.07) is 2.31. The molecular weight excluding hydrogens is 579 g/mol. The average molecular weight is 622 g/mol. The second-order valence-corrected chi connectivity index (χ2v) is 11.3. The molecule has 2 aliphatic heterocycles. The second kappa shape index (κ2) is 15.0. The number of methoxy groups -OCH3 is 3. The molecule has 0 aliphatic carbocycles. The van der Waals surface area contributed by atoms with Gasteiger partial charge >= 0.3 is 0 Å². The van der Waals surface area contributed by atoms with E-state index in [0.29, 0.717) is 44.8 Å². The average Bonchev–Trinajstić information content (AvgIpc) is 3.01. The van der Waals surface area contributed by atoms with E-state index in [-0.39, 0.29) is 6.61 Å². The number of benzene rings is 1. The highest BCUT2D eigenvalue weighted by molar-refractivity contribution is 6.37. The first-order chi connectivity index (χ1) is 20.2. The van der Waals surface area contributed by atoms with Gasteiger partial charge in [-0.2, -0.15) is 0 Å². The van der Waals surface area contributed by atoms with Crippen molar-refractivity contribution >= 4 is 29.2 Å². The molecule has 230 valence electrons. The summed E-state index contributed by atoms with van der Waals surface area (Å²) >= 11 is 12.9. The Hall–Kier alpha value is -2.92. The number of anilines is 1. The lowest BCUT2D eigenvalue weighted by Crippen LogP contribution is -2.52. The lowest BCUT2D eigenvalue weighted by atomic mass is 10.0. The first-order valence-electron chi connectivity index (χ1n) is 14.1. The summed E-state index contributed by atoms with van der Waals surface area (Å²) < 4.78 is 22.3. The van der Waals surface area contributed by atoms with Crippen molar-refractivity contribution in [1.82, 2.24) is 24.7 Å². The minimum absolute atomic E-state index is 0.0915. The van der Waals surface area contributed by atoms with Gasteiger partial charge in [-0.1, -0.05) is 23.2 Å². The molecule has 0 unspecified atom stereocenters. The van der Waals surface area contributed by atoms with Gasteiger partial charge in [0.05, 0.1) is 49.5 Å². The molecule has 2 aromatic rings. The van der Waals surface area contributed by atoms with E-state index in [1.807, 2.05) is 13.0 Å². The van der Waals surface area contributed by atoms with E-state index < -0.39 is 0 Å². The first kappa shape index (κ1) is 32.0. The molecule has 2 saturated heterocycles. The number of aromatic nitrogens is 2. The maximum absolute atomic E-state index is 6.45. The van der Waals surface area contributed by atoms with Crippen molar-refractivity contribution in [2.75, 3.05) is 73.0 Å². The lowest BCUT2D eigenvalue weighted by Gasteiger charge is -2.43. The molecule has 12 heteroatoms. The van der Waals surface area contributed by atoms with Crippen LogP contribution in [0.25, 0.3) is 0 Å². The molecule has 0 radical (unpaired) electrons. The summed E-state index contributed by atoms with van der Waals surface area (Å²) in [6.07, 6.45) is 7.50. The largest absolute Gasteiger partial charge is 0.495 e. The molecule has 2 aliphatic rings.